The van der Waals surface area contributed by atoms with E-state index >= 15 is 0 Å². The van der Waals surface area contributed by atoms with Crippen LogP contribution < -0.4 is 10.1 Å². The molecule has 1 N–H and O–H groups in total. The highest BCUT2D eigenvalue weighted by Gasteiger charge is 2.29. The summed E-state index contributed by atoms with van der Waals surface area (Å²) in [5.74, 6) is 0.388. The number of methoxy groups -OCH3 is 1. The summed E-state index contributed by atoms with van der Waals surface area (Å²) in [6, 6.07) is 3.64. The number of nitrogens with one attached hydrogen (secondary N) is 1. The van der Waals surface area contributed by atoms with Gasteiger partial charge in [-0.15, -0.1) is 5.10 Å². The fraction of sp³-hybridized carbons (Fsp3) is 0.583. The van der Waals surface area contributed by atoms with Gasteiger partial charge < -0.3 is 24.3 Å². The zero-order chi connectivity index (χ0) is 25.4. The quantitative estimate of drug-likeness (QED) is 0.394. The van der Waals surface area contributed by atoms with Gasteiger partial charge >= 0.3 is 12.1 Å². The number of carbonyl (C=O) groups is 3. The van der Waals surface area contributed by atoms with Crippen molar-refractivity contribution >= 4 is 17.8 Å². The maximum atomic E-state index is 12.0. The summed E-state index contributed by atoms with van der Waals surface area (Å²) in [5.41, 5.74) is 2.50. The average Bonchev–Trinajstić information content (AvgIpc) is 3.21. The number of rotatable bonds is 10. The number of pyridine rings is 1. The van der Waals surface area contributed by atoms with Crippen LogP contribution in [0.2, 0.25) is 0 Å². The SMILES string of the molecule is COC(=O)[C@H]1CCC[C@H](Oc2ccc(-c3nnn(C)c3CNC(=O)OCCCC(C)=O)nc2C)C1.[HH]. The summed E-state index contributed by atoms with van der Waals surface area (Å²) >= 11 is 0. The van der Waals surface area contributed by atoms with E-state index in [-0.39, 0.29) is 38.4 Å². The van der Waals surface area contributed by atoms with Crippen molar-refractivity contribution in [3.05, 3.63) is 23.5 Å². The van der Waals surface area contributed by atoms with Crippen LogP contribution in [0.25, 0.3) is 11.4 Å². The second-order valence-corrected chi connectivity index (χ2v) is 8.71. The van der Waals surface area contributed by atoms with Gasteiger partial charge in [0.25, 0.3) is 0 Å². The minimum absolute atomic E-state index is 0. The van der Waals surface area contributed by atoms with Crippen molar-refractivity contribution in [3.63, 3.8) is 0 Å². The molecule has 0 saturated heterocycles. The van der Waals surface area contributed by atoms with Crippen LogP contribution in [0.15, 0.2) is 12.1 Å². The molecule has 0 aromatic carbocycles. The van der Waals surface area contributed by atoms with E-state index in [1.54, 1.807) is 17.8 Å². The standard InChI is InChI=1S/C24H33N5O6.H2/c1-15(30)7-6-12-34-24(32)25-14-20-22(27-28-29(20)3)19-10-11-21(16(2)26-19)35-18-9-5-8-17(13-18)23(31)33-4;/h10-11,17-18H,5-9,12-14H2,1-4H3,(H,25,32);1H/t17-,18-;/m0./s1. The predicted octanol–water partition coefficient (Wildman–Crippen LogP) is 3.14. The van der Waals surface area contributed by atoms with Crippen LogP contribution in [0.3, 0.4) is 0 Å². The molecule has 0 spiro atoms. The lowest BCUT2D eigenvalue weighted by Gasteiger charge is -2.28. The monoisotopic (exact) mass is 489 g/mol. The van der Waals surface area contributed by atoms with E-state index in [0.29, 0.717) is 47.8 Å². The van der Waals surface area contributed by atoms with Crippen molar-refractivity contribution in [1.82, 2.24) is 25.3 Å². The predicted molar refractivity (Wildman–Crippen MR) is 128 cm³/mol. The number of ketones is 1. The fourth-order valence-electron chi connectivity index (χ4n) is 4.08. The van der Waals surface area contributed by atoms with Crippen molar-refractivity contribution < 1.29 is 30.0 Å². The summed E-state index contributed by atoms with van der Waals surface area (Å²) in [7, 11) is 3.15. The van der Waals surface area contributed by atoms with Gasteiger partial charge in [0.15, 0.2) is 0 Å². The number of ether oxygens (including phenoxy) is 3. The number of esters is 1. The highest BCUT2D eigenvalue weighted by atomic mass is 16.5. The molecule has 1 aliphatic rings. The Bertz CT molecular complexity index is 1060. The minimum atomic E-state index is -0.577. The van der Waals surface area contributed by atoms with E-state index < -0.39 is 6.09 Å². The normalized spacial score (nSPS) is 17.5. The molecule has 1 fully saturated rings. The third-order valence-corrected chi connectivity index (χ3v) is 5.98. The number of hydrogen-bond donors (Lipinski definition) is 1. The van der Waals surface area contributed by atoms with Crippen molar-refractivity contribution in [1.29, 1.82) is 0 Å². The van der Waals surface area contributed by atoms with E-state index in [4.69, 9.17) is 14.2 Å². The molecule has 3 rings (SSSR count). The van der Waals surface area contributed by atoms with Crippen LogP contribution in [-0.2, 0) is 32.7 Å². The zero-order valence-corrected chi connectivity index (χ0v) is 20.7. The van der Waals surface area contributed by atoms with Crippen LogP contribution in [0, 0.1) is 12.8 Å². The number of amides is 1. The minimum Gasteiger partial charge on any atom is -0.489 e. The van der Waals surface area contributed by atoms with Crippen molar-refractivity contribution in [2.75, 3.05) is 13.7 Å². The molecule has 1 aliphatic carbocycles. The Labute approximate surface area is 206 Å². The second kappa shape index (κ2) is 12.3. The van der Waals surface area contributed by atoms with Gasteiger partial charge in [0.05, 0.1) is 49.4 Å². The van der Waals surface area contributed by atoms with Crippen LogP contribution in [0.5, 0.6) is 5.75 Å². The van der Waals surface area contributed by atoms with Crippen molar-refractivity contribution in [2.24, 2.45) is 13.0 Å². The Morgan fingerprint density at radius 1 is 1.26 bits per heavy atom. The summed E-state index contributed by atoms with van der Waals surface area (Å²) in [4.78, 5) is 39.5. The average molecular weight is 490 g/mol. The molecule has 0 aliphatic heterocycles. The number of carbonyl (C=O) groups excluding carboxylic acids is 3. The van der Waals surface area contributed by atoms with Crippen LogP contribution in [0.4, 0.5) is 4.79 Å². The highest BCUT2D eigenvalue weighted by Crippen LogP contribution is 2.30. The van der Waals surface area contributed by atoms with Gasteiger partial charge in [-0.05, 0) is 58.1 Å². The van der Waals surface area contributed by atoms with E-state index in [1.165, 1.54) is 14.0 Å². The molecule has 0 bridgehead atoms. The van der Waals surface area contributed by atoms with Gasteiger partial charge in [0.2, 0.25) is 0 Å². The number of aromatic nitrogens is 4. The number of Topliss-reactive ketones (excluding diaryl/α,β-unsaturated/α-hetero) is 1. The van der Waals surface area contributed by atoms with E-state index in [1.807, 2.05) is 13.0 Å². The van der Waals surface area contributed by atoms with Crippen molar-refractivity contribution in [3.8, 4) is 17.1 Å². The van der Waals surface area contributed by atoms with Crippen molar-refractivity contribution in [2.45, 2.75) is 65.0 Å². The van der Waals surface area contributed by atoms with E-state index in [9.17, 15) is 14.4 Å². The van der Waals surface area contributed by atoms with Crippen LogP contribution in [-0.4, -0.2) is 57.6 Å². The Kier molecular flexibility index (Phi) is 9.16. The Hall–Kier alpha value is -3.50. The molecule has 1 saturated carbocycles. The molecule has 2 atom stereocenters. The molecule has 11 heteroatoms. The molecule has 2 heterocycles. The summed E-state index contributed by atoms with van der Waals surface area (Å²) in [6.07, 6.45) is 3.44. The summed E-state index contributed by atoms with van der Waals surface area (Å²) in [5, 5.41) is 11.0. The van der Waals surface area contributed by atoms with E-state index in [0.717, 1.165) is 19.3 Å². The van der Waals surface area contributed by atoms with Crippen LogP contribution >= 0.6 is 0 Å². The summed E-state index contributed by atoms with van der Waals surface area (Å²) in [6.45, 7) is 3.68. The van der Waals surface area contributed by atoms with Gasteiger partial charge in [-0.1, -0.05) is 5.21 Å². The molecule has 0 unspecified atom stereocenters. The molecule has 0 radical (unpaired) electrons. The largest absolute Gasteiger partial charge is 0.489 e. The lowest BCUT2D eigenvalue weighted by atomic mass is 9.87. The first-order chi connectivity index (χ1) is 16.8. The Morgan fingerprint density at radius 2 is 2.06 bits per heavy atom. The molecular weight excluding hydrogens is 454 g/mol. The molecule has 1 amide bonds. The molecule has 192 valence electrons. The lowest BCUT2D eigenvalue weighted by Crippen LogP contribution is -2.30. The molecule has 2 aromatic rings. The van der Waals surface area contributed by atoms with Gasteiger partial charge in [-0.25, -0.2) is 14.5 Å². The topological polar surface area (TPSA) is 135 Å². The van der Waals surface area contributed by atoms with Crippen LogP contribution in [0.1, 0.15) is 58.3 Å². The Balaban J connectivity index is 0.00000456. The number of alkyl carbamates (subject to hydrolysis) is 1. The first-order valence-electron chi connectivity index (χ1n) is 11.8. The number of nitrogens with zero attached hydrogens (tertiary/aromatic N) is 4. The third kappa shape index (κ3) is 7.24. The highest BCUT2D eigenvalue weighted by molar-refractivity contribution is 5.75. The summed E-state index contributed by atoms with van der Waals surface area (Å²) < 4.78 is 17.7. The van der Waals surface area contributed by atoms with Gasteiger partial charge in [0.1, 0.15) is 17.2 Å². The fourth-order valence-corrected chi connectivity index (χ4v) is 4.08. The first-order valence-corrected chi connectivity index (χ1v) is 11.8. The smallest absolute Gasteiger partial charge is 0.407 e. The molecule has 2 aromatic heterocycles. The zero-order valence-electron chi connectivity index (χ0n) is 20.7. The number of aryl methyl sites for hydroxylation is 2. The molecular formula is C24H35N5O6. The lowest BCUT2D eigenvalue weighted by molar-refractivity contribution is -0.147. The van der Waals surface area contributed by atoms with Gasteiger partial charge in [0, 0.05) is 14.9 Å². The van der Waals surface area contributed by atoms with Gasteiger partial charge in [-0.3, -0.25) is 4.79 Å². The maximum Gasteiger partial charge on any atom is 0.407 e. The third-order valence-electron chi connectivity index (χ3n) is 5.98. The number of hydrogen-bond acceptors (Lipinski definition) is 9. The maximum absolute atomic E-state index is 12.0. The molecule has 35 heavy (non-hydrogen) atoms. The first kappa shape index (κ1) is 26.1. The Morgan fingerprint density at radius 3 is 2.77 bits per heavy atom. The molecule has 11 nitrogen and oxygen atoms in total. The van der Waals surface area contributed by atoms with Gasteiger partial charge in [-0.2, -0.15) is 0 Å². The van der Waals surface area contributed by atoms with E-state index in [2.05, 4.69) is 20.6 Å². The second-order valence-electron chi connectivity index (χ2n) is 8.71.